The van der Waals surface area contributed by atoms with E-state index in [1.165, 1.54) is 0 Å². The first-order valence-corrected chi connectivity index (χ1v) is 9.42. The summed E-state index contributed by atoms with van der Waals surface area (Å²) in [6, 6.07) is 6.88. The number of aromatic nitrogens is 1. The fourth-order valence-electron chi connectivity index (χ4n) is 2.41. The molecule has 0 aliphatic rings. The van der Waals surface area contributed by atoms with Crippen LogP contribution in [0.3, 0.4) is 0 Å². The van der Waals surface area contributed by atoms with Gasteiger partial charge in [0.15, 0.2) is 11.5 Å². The monoisotopic (exact) mass is 392 g/mol. The second-order valence-corrected chi connectivity index (χ2v) is 6.06. The predicted molar refractivity (Wildman–Crippen MR) is 105 cm³/mol. The Morgan fingerprint density at radius 3 is 2.63 bits per heavy atom. The third-order valence-corrected chi connectivity index (χ3v) is 3.87. The first-order valence-electron chi connectivity index (χ1n) is 9.04. The van der Waals surface area contributed by atoms with Gasteiger partial charge >= 0.3 is 0 Å². The van der Waals surface area contributed by atoms with Crippen molar-refractivity contribution in [2.75, 3.05) is 19.8 Å². The van der Waals surface area contributed by atoms with Crippen LogP contribution in [-0.4, -0.2) is 30.7 Å². The topological polar surface area (TPSA) is 69.7 Å². The Labute approximate surface area is 164 Å². The molecular formula is C20H25ClN2O4. The summed E-state index contributed by atoms with van der Waals surface area (Å²) in [5.74, 6) is 1.16. The molecule has 1 aromatic carbocycles. The maximum atomic E-state index is 12.6. The minimum atomic E-state index is -0.272. The summed E-state index contributed by atoms with van der Waals surface area (Å²) >= 11 is 6.32. The molecule has 0 aliphatic heterocycles. The Bertz CT molecular complexity index is 768. The number of pyridine rings is 1. The van der Waals surface area contributed by atoms with Crippen LogP contribution >= 0.6 is 11.6 Å². The molecule has 2 rings (SSSR count). The van der Waals surface area contributed by atoms with Crippen LogP contribution in [0.25, 0.3) is 0 Å². The smallest absolute Gasteiger partial charge is 0.251 e. The highest BCUT2D eigenvalue weighted by Gasteiger charge is 2.17. The Morgan fingerprint density at radius 1 is 1.15 bits per heavy atom. The van der Waals surface area contributed by atoms with Gasteiger partial charge in [-0.2, -0.15) is 0 Å². The molecule has 0 saturated carbocycles. The van der Waals surface area contributed by atoms with Gasteiger partial charge in [0, 0.05) is 23.9 Å². The van der Waals surface area contributed by atoms with E-state index >= 15 is 0 Å². The zero-order valence-corrected chi connectivity index (χ0v) is 16.6. The van der Waals surface area contributed by atoms with E-state index in [0.29, 0.717) is 47.8 Å². The van der Waals surface area contributed by atoms with E-state index < -0.39 is 0 Å². The molecule has 2 aromatic rings. The quantitative estimate of drug-likeness (QED) is 0.654. The van der Waals surface area contributed by atoms with Gasteiger partial charge in [-0.15, -0.1) is 0 Å². The molecule has 6 nitrogen and oxygen atoms in total. The minimum absolute atomic E-state index is 0.272. The van der Waals surface area contributed by atoms with Crippen LogP contribution in [0.15, 0.2) is 30.5 Å². The van der Waals surface area contributed by atoms with E-state index in [1.54, 1.807) is 24.4 Å². The average Bonchev–Trinajstić information content (AvgIpc) is 2.66. The third-order valence-electron chi connectivity index (χ3n) is 3.59. The number of halogens is 1. The van der Waals surface area contributed by atoms with Crippen LogP contribution in [0.4, 0.5) is 0 Å². The fourth-order valence-corrected chi connectivity index (χ4v) is 2.67. The Hall–Kier alpha value is -2.47. The molecule has 0 atom stereocenters. The van der Waals surface area contributed by atoms with Crippen LogP contribution in [0, 0.1) is 0 Å². The van der Waals surface area contributed by atoms with Gasteiger partial charge in [-0.1, -0.05) is 24.6 Å². The maximum Gasteiger partial charge on any atom is 0.251 e. The van der Waals surface area contributed by atoms with Crippen LogP contribution < -0.4 is 19.5 Å². The highest BCUT2D eigenvalue weighted by Crippen LogP contribution is 2.36. The van der Waals surface area contributed by atoms with Gasteiger partial charge in [-0.3, -0.25) is 4.79 Å². The molecule has 0 fully saturated rings. The number of benzene rings is 1. The van der Waals surface area contributed by atoms with E-state index in [9.17, 15) is 4.79 Å². The Balaban J connectivity index is 2.16. The Kier molecular flexibility index (Phi) is 8.20. The number of hydrogen-bond acceptors (Lipinski definition) is 5. The van der Waals surface area contributed by atoms with Crippen LogP contribution in [-0.2, 0) is 6.54 Å². The van der Waals surface area contributed by atoms with Crippen molar-refractivity contribution in [2.24, 2.45) is 0 Å². The normalized spacial score (nSPS) is 10.4. The van der Waals surface area contributed by atoms with Crippen molar-refractivity contribution in [3.8, 4) is 17.4 Å². The van der Waals surface area contributed by atoms with E-state index in [0.717, 1.165) is 12.0 Å². The lowest BCUT2D eigenvalue weighted by molar-refractivity contribution is 0.0950. The predicted octanol–water partition coefficient (Wildman–Crippen LogP) is 4.25. The number of hydrogen-bond donors (Lipinski definition) is 1. The van der Waals surface area contributed by atoms with Crippen molar-refractivity contribution in [1.82, 2.24) is 10.3 Å². The summed E-state index contributed by atoms with van der Waals surface area (Å²) in [5, 5.41) is 3.20. The van der Waals surface area contributed by atoms with Gasteiger partial charge in [0.2, 0.25) is 5.88 Å². The standard InChI is InChI=1S/C20H25ClN2O4/c1-4-10-27-18-16(21)11-15(12-17(18)25-5-2)19(24)23-13-14-8-7-9-22-20(14)26-6-3/h7-9,11-12H,4-6,10,13H2,1-3H3,(H,23,24). The number of nitrogens with zero attached hydrogens (tertiary/aromatic N) is 1. The van der Waals surface area contributed by atoms with Gasteiger partial charge in [-0.05, 0) is 38.5 Å². The molecule has 1 amide bonds. The molecule has 146 valence electrons. The minimum Gasteiger partial charge on any atom is -0.490 e. The first kappa shape index (κ1) is 20.8. The molecule has 0 spiro atoms. The molecule has 0 bridgehead atoms. The number of rotatable bonds is 10. The second-order valence-electron chi connectivity index (χ2n) is 5.65. The third kappa shape index (κ3) is 5.76. The summed E-state index contributed by atoms with van der Waals surface area (Å²) in [6.07, 6.45) is 2.50. The molecule has 0 aliphatic carbocycles. The molecule has 27 heavy (non-hydrogen) atoms. The SMILES string of the molecule is CCCOc1c(Cl)cc(C(=O)NCc2cccnc2OCC)cc1OCC. The molecule has 1 heterocycles. The lowest BCUT2D eigenvalue weighted by Crippen LogP contribution is -2.23. The summed E-state index contributed by atoms with van der Waals surface area (Å²) < 4.78 is 16.7. The summed E-state index contributed by atoms with van der Waals surface area (Å²) in [5.41, 5.74) is 1.20. The van der Waals surface area contributed by atoms with E-state index in [-0.39, 0.29) is 12.5 Å². The summed E-state index contributed by atoms with van der Waals surface area (Å²) in [7, 11) is 0. The Morgan fingerprint density at radius 2 is 1.93 bits per heavy atom. The zero-order valence-electron chi connectivity index (χ0n) is 15.9. The average molecular weight is 393 g/mol. The maximum absolute atomic E-state index is 12.6. The fraction of sp³-hybridized carbons (Fsp3) is 0.400. The van der Waals surface area contributed by atoms with Crippen molar-refractivity contribution in [3.05, 3.63) is 46.6 Å². The lowest BCUT2D eigenvalue weighted by Gasteiger charge is -2.15. The van der Waals surface area contributed by atoms with Gasteiger partial charge in [0.05, 0.1) is 24.8 Å². The van der Waals surface area contributed by atoms with Crippen molar-refractivity contribution in [3.63, 3.8) is 0 Å². The number of amides is 1. The van der Waals surface area contributed by atoms with Gasteiger partial charge in [0.1, 0.15) is 0 Å². The summed E-state index contributed by atoms with van der Waals surface area (Å²) in [4.78, 5) is 16.8. The molecule has 7 heteroatoms. The first-order chi connectivity index (χ1) is 13.1. The van der Waals surface area contributed by atoms with E-state index in [1.807, 2.05) is 26.8 Å². The number of ether oxygens (including phenoxy) is 3. The zero-order chi connectivity index (χ0) is 19.6. The van der Waals surface area contributed by atoms with Crippen LogP contribution in [0.5, 0.6) is 17.4 Å². The van der Waals surface area contributed by atoms with Crippen LogP contribution in [0.1, 0.15) is 43.1 Å². The highest BCUT2D eigenvalue weighted by molar-refractivity contribution is 6.32. The van der Waals surface area contributed by atoms with E-state index in [4.69, 9.17) is 25.8 Å². The van der Waals surface area contributed by atoms with Crippen molar-refractivity contribution in [1.29, 1.82) is 0 Å². The van der Waals surface area contributed by atoms with E-state index in [2.05, 4.69) is 10.3 Å². The number of nitrogens with one attached hydrogen (secondary N) is 1. The molecule has 0 unspecified atom stereocenters. The highest BCUT2D eigenvalue weighted by atomic mass is 35.5. The second kappa shape index (κ2) is 10.6. The van der Waals surface area contributed by atoms with Gasteiger partial charge in [0.25, 0.3) is 5.91 Å². The number of carbonyl (C=O) groups excluding carboxylic acids is 1. The molecule has 0 radical (unpaired) electrons. The largest absolute Gasteiger partial charge is 0.490 e. The van der Waals surface area contributed by atoms with Gasteiger partial charge in [-0.25, -0.2) is 4.98 Å². The molecule has 1 aromatic heterocycles. The lowest BCUT2D eigenvalue weighted by atomic mass is 10.1. The number of carbonyl (C=O) groups is 1. The molecule has 0 saturated heterocycles. The van der Waals surface area contributed by atoms with Crippen molar-refractivity contribution < 1.29 is 19.0 Å². The summed E-state index contributed by atoms with van der Waals surface area (Å²) in [6.45, 7) is 7.51. The molecule has 1 N–H and O–H groups in total. The van der Waals surface area contributed by atoms with Crippen molar-refractivity contribution in [2.45, 2.75) is 33.7 Å². The van der Waals surface area contributed by atoms with Crippen molar-refractivity contribution >= 4 is 17.5 Å². The van der Waals surface area contributed by atoms with Crippen LogP contribution in [0.2, 0.25) is 5.02 Å². The van der Waals surface area contributed by atoms with Gasteiger partial charge < -0.3 is 19.5 Å². The molecular weight excluding hydrogens is 368 g/mol.